The van der Waals surface area contributed by atoms with E-state index in [4.69, 9.17) is 21.6 Å². The maximum Gasteiger partial charge on any atom is 0.125 e. The lowest BCUT2D eigenvalue weighted by atomic mass is 10.2. The van der Waals surface area contributed by atoms with Crippen LogP contribution >= 0.6 is 11.6 Å². The highest BCUT2D eigenvalue weighted by Crippen LogP contribution is 2.23. The van der Waals surface area contributed by atoms with Crippen molar-refractivity contribution in [1.29, 1.82) is 5.26 Å². The van der Waals surface area contributed by atoms with E-state index >= 15 is 0 Å². The first-order chi connectivity index (χ1) is 10.2. The van der Waals surface area contributed by atoms with Crippen molar-refractivity contribution < 1.29 is 4.74 Å². The lowest BCUT2D eigenvalue weighted by Gasteiger charge is -2.11. The molecule has 0 fully saturated rings. The van der Waals surface area contributed by atoms with Crippen LogP contribution in [0.3, 0.4) is 0 Å². The van der Waals surface area contributed by atoms with E-state index in [2.05, 4.69) is 16.9 Å². The van der Waals surface area contributed by atoms with E-state index in [0.717, 1.165) is 5.56 Å². The number of hydrogen-bond donors (Lipinski definition) is 1. The van der Waals surface area contributed by atoms with Crippen LogP contribution in [0.25, 0.3) is 0 Å². The van der Waals surface area contributed by atoms with Crippen molar-refractivity contribution in [3.8, 4) is 11.8 Å². The summed E-state index contributed by atoms with van der Waals surface area (Å²) >= 11 is 5.92. The summed E-state index contributed by atoms with van der Waals surface area (Å²) in [5, 5.41) is 12.5. The summed E-state index contributed by atoms with van der Waals surface area (Å²) in [6, 6.07) is 7.41. The van der Waals surface area contributed by atoms with Crippen molar-refractivity contribution in [3.05, 3.63) is 65.5 Å². The van der Waals surface area contributed by atoms with E-state index in [0.29, 0.717) is 23.0 Å². The van der Waals surface area contributed by atoms with Crippen molar-refractivity contribution in [1.82, 2.24) is 5.32 Å². The van der Waals surface area contributed by atoms with E-state index in [-0.39, 0.29) is 0 Å². The molecule has 0 amide bonds. The lowest BCUT2D eigenvalue weighted by molar-refractivity contribution is 0.408. The number of halogens is 1. The van der Waals surface area contributed by atoms with Crippen molar-refractivity contribution in [2.75, 3.05) is 7.11 Å². The molecule has 21 heavy (non-hydrogen) atoms. The second kappa shape index (κ2) is 9.40. The first-order valence-corrected chi connectivity index (χ1v) is 6.56. The Kier molecular flexibility index (Phi) is 7.41. The van der Waals surface area contributed by atoms with Gasteiger partial charge in [-0.25, -0.2) is 0 Å². The van der Waals surface area contributed by atoms with Gasteiger partial charge in [-0.15, -0.1) is 0 Å². The van der Waals surface area contributed by atoms with E-state index < -0.39 is 0 Å². The Labute approximate surface area is 129 Å². The maximum absolute atomic E-state index is 8.78. The third-order valence-corrected chi connectivity index (χ3v) is 2.74. The van der Waals surface area contributed by atoms with Gasteiger partial charge >= 0.3 is 0 Å². The number of benzene rings is 1. The van der Waals surface area contributed by atoms with Gasteiger partial charge in [0.05, 0.1) is 13.2 Å². The molecule has 0 unspecified atom stereocenters. The van der Waals surface area contributed by atoms with Crippen LogP contribution in [0.5, 0.6) is 5.75 Å². The van der Waals surface area contributed by atoms with Crippen LogP contribution in [0.2, 0.25) is 5.02 Å². The lowest BCUT2D eigenvalue weighted by Crippen LogP contribution is -2.12. The molecular formula is C16H16ClN3O. The molecule has 0 bridgehead atoms. The van der Waals surface area contributed by atoms with Crippen molar-refractivity contribution in [3.63, 3.8) is 0 Å². The third kappa shape index (κ3) is 5.98. The van der Waals surface area contributed by atoms with E-state index in [1.165, 1.54) is 12.3 Å². The molecule has 0 saturated carbocycles. The molecule has 0 radical (unpaired) electrons. The quantitative estimate of drug-likeness (QED) is 0.475. The van der Waals surface area contributed by atoms with Gasteiger partial charge in [-0.05, 0) is 24.3 Å². The second-order valence-electron chi connectivity index (χ2n) is 3.88. The molecule has 0 heterocycles. The predicted octanol–water partition coefficient (Wildman–Crippen LogP) is 3.62. The Hall–Kier alpha value is -2.51. The minimum absolute atomic E-state index is 0.511. The zero-order valence-electron chi connectivity index (χ0n) is 11.7. The average molecular weight is 302 g/mol. The molecule has 0 atom stereocenters. The van der Waals surface area contributed by atoms with Crippen LogP contribution in [-0.4, -0.2) is 13.3 Å². The standard InChI is InChI=1S/C16H16ClN3O/c1-3-19-10-4-5-15(8-9-18)20-12-13-6-7-14(17)11-16(13)21-2/h3-8,10-11,20H,1,12H2,2H3/b5-4-,15-8-,19-10+. The Morgan fingerprint density at radius 1 is 1.57 bits per heavy atom. The molecule has 0 aromatic heterocycles. The number of methoxy groups -OCH3 is 1. The normalized spacial score (nSPS) is 11.6. The number of rotatable bonds is 7. The summed E-state index contributed by atoms with van der Waals surface area (Å²) < 4.78 is 5.27. The minimum Gasteiger partial charge on any atom is -0.496 e. The number of hydrogen-bond acceptors (Lipinski definition) is 4. The van der Waals surface area contributed by atoms with Gasteiger partial charge in [-0.1, -0.05) is 24.2 Å². The van der Waals surface area contributed by atoms with E-state index in [1.54, 1.807) is 37.6 Å². The van der Waals surface area contributed by atoms with Gasteiger partial charge in [-0.2, -0.15) is 5.26 Å². The summed E-state index contributed by atoms with van der Waals surface area (Å²) in [5.74, 6) is 0.698. The Bertz CT molecular complexity index is 612. The zero-order chi connectivity index (χ0) is 15.5. The highest BCUT2D eigenvalue weighted by Gasteiger charge is 2.03. The summed E-state index contributed by atoms with van der Waals surface area (Å²) in [6.45, 7) is 3.99. The van der Waals surface area contributed by atoms with Gasteiger partial charge in [0, 0.05) is 41.3 Å². The van der Waals surface area contributed by atoms with Crippen molar-refractivity contribution >= 4 is 17.8 Å². The van der Waals surface area contributed by atoms with Crippen LogP contribution in [0.4, 0.5) is 0 Å². The van der Waals surface area contributed by atoms with Gasteiger partial charge in [0.15, 0.2) is 0 Å². The van der Waals surface area contributed by atoms with Crippen molar-refractivity contribution in [2.24, 2.45) is 4.99 Å². The number of nitriles is 1. The van der Waals surface area contributed by atoms with Crippen LogP contribution in [0, 0.1) is 11.3 Å². The zero-order valence-corrected chi connectivity index (χ0v) is 12.5. The highest BCUT2D eigenvalue weighted by atomic mass is 35.5. The molecule has 4 nitrogen and oxygen atoms in total. The van der Waals surface area contributed by atoms with Crippen LogP contribution < -0.4 is 10.1 Å². The SMILES string of the molecule is C=C/N=C/C=C\C(=C\C#N)NCc1ccc(Cl)cc1OC. The summed E-state index contributed by atoms with van der Waals surface area (Å²) in [4.78, 5) is 3.84. The molecule has 5 heteroatoms. The van der Waals surface area contributed by atoms with Gasteiger partial charge in [0.1, 0.15) is 5.75 Å². The van der Waals surface area contributed by atoms with Crippen LogP contribution in [0.15, 0.2) is 59.9 Å². The number of nitrogens with one attached hydrogen (secondary N) is 1. The smallest absolute Gasteiger partial charge is 0.125 e. The summed E-state index contributed by atoms with van der Waals surface area (Å²) in [6.07, 6.45) is 7.91. The number of allylic oxidation sites excluding steroid dienone is 3. The molecule has 0 saturated heterocycles. The molecule has 1 aromatic rings. The topological polar surface area (TPSA) is 57.4 Å². The maximum atomic E-state index is 8.78. The number of nitrogens with zero attached hydrogens (tertiary/aromatic N) is 2. The second-order valence-corrected chi connectivity index (χ2v) is 4.31. The van der Waals surface area contributed by atoms with Gasteiger partial charge in [0.25, 0.3) is 0 Å². The van der Waals surface area contributed by atoms with Crippen LogP contribution in [0.1, 0.15) is 5.56 Å². The number of ether oxygens (including phenoxy) is 1. The average Bonchev–Trinajstić information content (AvgIpc) is 2.49. The van der Waals surface area contributed by atoms with Gasteiger partial charge < -0.3 is 10.1 Å². The Morgan fingerprint density at radius 3 is 3.05 bits per heavy atom. The van der Waals surface area contributed by atoms with Gasteiger partial charge in [-0.3, -0.25) is 4.99 Å². The fraction of sp³-hybridized carbons (Fsp3) is 0.125. The van der Waals surface area contributed by atoms with E-state index in [9.17, 15) is 0 Å². The molecule has 1 N–H and O–H groups in total. The van der Waals surface area contributed by atoms with E-state index in [1.807, 2.05) is 12.1 Å². The fourth-order valence-electron chi connectivity index (χ4n) is 1.55. The molecule has 1 aromatic carbocycles. The summed E-state index contributed by atoms with van der Waals surface area (Å²) in [5.41, 5.74) is 1.61. The molecular weight excluding hydrogens is 286 g/mol. The third-order valence-electron chi connectivity index (χ3n) is 2.51. The molecule has 0 aliphatic rings. The van der Waals surface area contributed by atoms with Gasteiger partial charge in [0.2, 0.25) is 0 Å². The predicted molar refractivity (Wildman–Crippen MR) is 86.4 cm³/mol. The fourth-order valence-corrected chi connectivity index (χ4v) is 1.71. The molecule has 108 valence electrons. The molecule has 0 aliphatic carbocycles. The largest absolute Gasteiger partial charge is 0.496 e. The van der Waals surface area contributed by atoms with Crippen LogP contribution in [-0.2, 0) is 6.54 Å². The Morgan fingerprint density at radius 2 is 2.38 bits per heavy atom. The Balaban J connectivity index is 2.77. The first kappa shape index (κ1) is 16.5. The molecule has 0 spiro atoms. The number of aliphatic imine (C=N–C) groups is 1. The molecule has 1 rings (SSSR count). The van der Waals surface area contributed by atoms with Crippen molar-refractivity contribution in [2.45, 2.75) is 6.54 Å². The first-order valence-electron chi connectivity index (χ1n) is 6.18. The minimum atomic E-state index is 0.511. The summed E-state index contributed by atoms with van der Waals surface area (Å²) in [7, 11) is 1.59. The monoisotopic (exact) mass is 301 g/mol. The highest BCUT2D eigenvalue weighted by molar-refractivity contribution is 6.30. The molecule has 0 aliphatic heterocycles.